The van der Waals surface area contributed by atoms with Gasteiger partial charge in [0.1, 0.15) is 5.75 Å². The molecule has 2 aromatic carbocycles. The lowest BCUT2D eigenvalue weighted by molar-refractivity contribution is -0.127. The van der Waals surface area contributed by atoms with E-state index < -0.39 is 17.6 Å². The standard InChI is InChI=1S/C25H29F2N3O3/c1-2-33-23-6-4-3-5-22(23)30-16-18(14-24(30)31)25(32)28-19-9-11-29(12-10-19)15-17-7-8-20(26)21(27)13-17/h3-8,13,18-19H,2,9-12,14-16H2,1H3,(H,28,32). The highest BCUT2D eigenvalue weighted by Crippen LogP contribution is 2.33. The number of ether oxygens (including phenoxy) is 1. The van der Waals surface area contributed by atoms with Gasteiger partial charge in [0.15, 0.2) is 11.6 Å². The van der Waals surface area contributed by atoms with Gasteiger partial charge in [-0.05, 0) is 49.6 Å². The molecule has 0 aliphatic carbocycles. The van der Waals surface area contributed by atoms with Gasteiger partial charge < -0.3 is 15.0 Å². The number of hydrogen-bond donors (Lipinski definition) is 1. The quantitative estimate of drug-likeness (QED) is 0.692. The van der Waals surface area contributed by atoms with E-state index in [0.29, 0.717) is 31.1 Å². The zero-order chi connectivity index (χ0) is 23.4. The van der Waals surface area contributed by atoms with Crippen LogP contribution in [0, 0.1) is 17.6 Å². The topological polar surface area (TPSA) is 61.9 Å². The molecule has 4 rings (SSSR count). The molecule has 2 aromatic rings. The monoisotopic (exact) mass is 457 g/mol. The third-order valence-corrected chi connectivity index (χ3v) is 6.28. The molecular formula is C25H29F2N3O3. The number of carbonyl (C=O) groups is 2. The zero-order valence-electron chi connectivity index (χ0n) is 18.7. The average Bonchev–Trinajstić information content (AvgIpc) is 3.20. The number of rotatable bonds is 7. The highest BCUT2D eigenvalue weighted by atomic mass is 19.2. The normalized spacial score (nSPS) is 19.7. The van der Waals surface area contributed by atoms with Crippen LogP contribution >= 0.6 is 0 Å². The van der Waals surface area contributed by atoms with Crippen LogP contribution in [-0.2, 0) is 16.1 Å². The molecule has 33 heavy (non-hydrogen) atoms. The second-order valence-corrected chi connectivity index (χ2v) is 8.61. The maximum Gasteiger partial charge on any atom is 0.227 e. The Labute approximate surface area is 192 Å². The number of anilines is 1. The maximum absolute atomic E-state index is 13.4. The van der Waals surface area contributed by atoms with Crippen LogP contribution in [0.4, 0.5) is 14.5 Å². The molecular weight excluding hydrogens is 428 g/mol. The summed E-state index contributed by atoms with van der Waals surface area (Å²) in [6, 6.07) is 11.4. The Balaban J connectivity index is 1.28. The summed E-state index contributed by atoms with van der Waals surface area (Å²) in [4.78, 5) is 29.3. The lowest BCUT2D eigenvalue weighted by Crippen LogP contribution is -2.46. The number of para-hydroxylation sites is 2. The van der Waals surface area contributed by atoms with Crippen molar-refractivity contribution in [1.29, 1.82) is 0 Å². The predicted molar refractivity (Wildman–Crippen MR) is 121 cm³/mol. The summed E-state index contributed by atoms with van der Waals surface area (Å²) in [7, 11) is 0. The molecule has 0 saturated carbocycles. The van der Waals surface area contributed by atoms with Gasteiger partial charge in [-0.25, -0.2) is 8.78 Å². The van der Waals surface area contributed by atoms with Gasteiger partial charge in [-0.15, -0.1) is 0 Å². The summed E-state index contributed by atoms with van der Waals surface area (Å²) in [6.07, 6.45) is 1.72. The minimum atomic E-state index is -0.842. The van der Waals surface area contributed by atoms with Crippen LogP contribution in [0.25, 0.3) is 0 Å². The fourth-order valence-electron chi connectivity index (χ4n) is 4.52. The van der Waals surface area contributed by atoms with Gasteiger partial charge >= 0.3 is 0 Å². The number of nitrogens with one attached hydrogen (secondary N) is 1. The molecule has 1 atom stereocenters. The highest BCUT2D eigenvalue weighted by molar-refractivity contribution is 6.01. The summed E-state index contributed by atoms with van der Waals surface area (Å²) < 4.78 is 32.2. The van der Waals surface area contributed by atoms with Crippen molar-refractivity contribution in [1.82, 2.24) is 10.2 Å². The van der Waals surface area contributed by atoms with Crippen LogP contribution in [0.15, 0.2) is 42.5 Å². The highest BCUT2D eigenvalue weighted by Gasteiger charge is 2.37. The van der Waals surface area contributed by atoms with E-state index in [4.69, 9.17) is 4.74 Å². The fraction of sp³-hybridized carbons (Fsp3) is 0.440. The number of piperidine rings is 1. The molecule has 0 bridgehead atoms. The molecule has 1 unspecified atom stereocenters. The molecule has 6 nitrogen and oxygen atoms in total. The van der Waals surface area contributed by atoms with E-state index in [0.717, 1.165) is 37.6 Å². The summed E-state index contributed by atoms with van der Waals surface area (Å²) >= 11 is 0. The van der Waals surface area contributed by atoms with Gasteiger partial charge in [0, 0.05) is 38.6 Å². The van der Waals surface area contributed by atoms with Crippen molar-refractivity contribution in [2.45, 2.75) is 38.8 Å². The Hall–Kier alpha value is -3.00. The summed E-state index contributed by atoms with van der Waals surface area (Å²) in [5, 5.41) is 3.11. The van der Waals surface area contributed by atoms with E-state index in [1.54, 1.807) is 11.0 Å². The predicted octanol–water partition coefficient (Wildman–Crippen LogP) is 3.50. The second kappa shape index (κ2) is 10.3. The van der Waals surface area contributed by atoms with Crippen molar-refractivity contribution in [3.63, 3.8) is 0 Å². The second-order valence-electron chi connectivity index (χ2n) is 8.61. The first-order chi connectivity index (χ1) is 15.9. The van der Waals surface area contributed by atoms with Gasteiger partial charge in [-0.1, -0.05) is 18.2 Å². The molecule has 0 aromatic heterocycles. The summed E-state index contributed by atoms with van der Waals surface area (Å²) in [6.45, 7) is 4.77. The van der Waals surface area contributed by atoms with E-state index in [9.17, 15) is 18.4 Å². The Morgan fingerprint density at radius 1 is 1.12 bits per heavy atom. The van der Waals surface area contributed by atoms with Gasteiger partial charge in [0.05, 0.1) is 18.2 Å². The van der Waals surface area contributed by atoms with Crippen LogP contribution in [0.1, 0.15) is 31.7 Å². The third-order valence-electron chi connectivity index (χ3n) is 6.28. The number of nitrogens with zero attached hydrogens (tertiary/aromatic N) is 2. The molecule has 2 fully saturated rings. The minimum Gasteiger partial charge on any atom is -0.492 e. The Kier molecular flexibility index (Phi) is 7.23. The Bertz CT molecular complexity index is 1010. The molecule has 2 amide bonds. The third kappa shape index (κ3) is 5.50. The van der Waals surface area contributed by atoms with Crippen molar-refractivity contribution < 1.29 is 23.1 Å². The van der Waals surface area contributed by atoms with Crippen molar-refractivity contribution in [2.75, 3.05) is 31.1 Å². The molecule has 1 N–H and O–H groups in total. The molecule has 2 heterocycles. The van der Waals surface area contributed by atoms with Crippen LogP contribution in [0.3, 0.4) is 0 Å². The number of hydrogen-bond acceptors (Lipinski definition) is 4. The Morgan fingerprint density at radius 2 is 1.88 bits per heavy atom. The van der Waals surface area contributed by atoms with E-state index >= 15 is 0 Å². The molecule has 0 radical (unpaired) electrons. The van der Waals surface area contributed by atoms with E-state index in [1.807, 2.05) is 31.2 Å². The van der Waals surface area contributed by atoms with Gasteiger partial charge in [-0.3, -0.25) is 14.5 Å². The maximum atomic E-state index is 13.4. The minimum absolute atomic E-state index is 0.0403. The van der Waals surface area contributed by atoms with Crippen LogP contribution < -0.4 is 15.0 Å². The number of likely N-dealkylation sites (tertiary alicyclic amines) is 1. The molecule has 2 saturated heterocycles. The number of benzene rings is 2. The summed E-state index contributed by atoms with van der Waals surface area (Å²) in [5.74, 6) is -1.61. The largest absolute Gasteiger partial charge is 0.492 e. The first kappa shape index (κ1) is 23.2. The van der Waals surface area contributed by atoms with E-state index in [2.05, 4.69) is 10.2 Å². The molecule has 8 heteroatoms. The number of carbonyl (C=O) groups excluding carboxylic acids is 2. The van der Waals surface area contributed by atoms with Gasteiger partial charge in [0.25, 0.3) is 0 Å². The molecule has 0 spiro atoms. The van der Waals surface area contributed by atoms with Crippen molar-refractivity contribution in [2.24, 2.45) is 5.92 Å². The lowest BCUT2D eigenvalue weighted by atomic mass is 10.0. The molecule has 176 valence electrons. The first-order valence-electron chi connectivity index (χ1n) is 11.4. The molecule has 2 aliphatic rings. The van der Waals surface area contributed by atoms with Crippen LogP contribution in [0.5, 0.6) is 5.75 Å². The summed E-state index contributed by atoms with van der Waals surface area (Å²) in [5.41, 5.74) is 1.43. The SMILES string of the molecule is CCOc1ccccc1N1CC(C(=O)NC2CCN(Cc3ccc(F)c(F)c3)CC2)CC1=O. The van der Waals surface area contributed by atoms with Gasteiger partial charge in [0.2, 0.25) is 11.8 Å². The fourth-order valence-corrected chi connectivity index (χ4v) is 4.52. The van der Waals surface area contributed by atoms with Crippen LogP contribution in [0.2, 0.25) is 0 Å². The average molecular weight is 458 g/mol. The van der Waals surface area contributed by atoms with Crippen molar-refractivity contribution in [3.8, 4) is 5.75 Å². The first-order valence-corrected chi connectivity index (χ1v) is 11.4. The molecule has 2 aliphatic heterocycles. The Morgan fingerprint density at radius 3 is 2.61 bits per heavy atom. The van der Waals surface area contributed by atoms with Crippen molar-refractivity contribution >= 4 is 17.5 Å². The van der Waals surface area contributed by atoms with Crippen molar-refractivity contribution in [3.05, 3.63) is 59.7 Å². The smallest absolute Gasteiger partial charge is 0.227 e. The lowest BCUT2D eigenvalue weighted by Gasteiger charge is -2.32. The van der Waals surface area contributed by atoms with E-state index in [1.165, 1.54) is 6.07 Å². The zero-order valence-corrected chi connectivity index (χ0v) is 18.7. The van der Waals surface area contributed by atoms with Gasteiger partial charge in [-0.2, -0.15) is 0 Å². The number of amides is 2. The van der Waals surface area contributed by atoms with Crippen LogP contribution in [-0.4, -0.2) is 49.0 Å². The number of halogens is 2. The van der Waals surface area contributed by atoms with E-state index in [-0.39, 0.29) is 24.3 Å².